The lowest BCUT2D eigenvalue weighted by Crippen LogP contribution is -2.43. The Morgan fingerprint density at radius 2 is 1.83 bits per heavy atom. The molecule has 0 spiro atoms. The van der Waals surface area contributed by atoms with Crippen molar-refractivity contribution in [3.8, 4) is 0 Å². The number of carbonyl (C=O) groups is 1. The SMILES string of the molecule is CC(C)C(=O)N(C[C@H]1CN(Cc2ccc(Cl)cc2)C[C@@H]1c1cccc(F)c1)C(C)C. The molecule has 30 heavy (non-hydrogen) atoms. The topological polar surface area (TPSA) is 23.6 Å². The number of carbonyl (C=O) groups excluding carboxylic acids is 1. The summed E-state index contributed by atoms with van der Waals surface area (Å²) in [6.45, 7) is 11.3. The molecule has 2 atom stereocenters. The molecule has 0 radical (unpaired) electrons. The highest BCUT2D eigenvalue weighted by Gasteiger charge is 2.36. The second-order valence-corrected chi connectivity index (χ2v) is 9.42. The third-order valence-electron chi connectivity index (χ3n) is 5.94. The van der Waals surface area contributed by atoms with Crippen molar-refractivity contribution in [3.05, 3.63) is 70.5 Å². The summed E-state index contributed by atoms with van der Waals surface area (Å²) >= 11 is 6.02. The van der Waals surface area contributed by atoms with Crippen LogP contribution in [0.15, 0.2) is 48.5 Å². The molecule has 1 aliphatic heterocycles. The molecule has 0 bridgehead atoms. The maximum atomic E-state index is 14.0. The van der Waals surface area contributed by atoms with Crippen molar-refractivity contribution in [2.75, 3.05) is 19.6 Å². The smallest absolute Gasteiger partial charge is 0.225 e. The van der Waals surface area contributed by atoms with E-state index in [1.807, 2.05) is 36.9 Å². The Bertz CT molecular complexity index is 852. The Hall–Kier alpha value is -1.91. The summed E-state index contributed by atoms with van der Waals surface area (Å²) in [4.78, 5) is 17.2. The van der Waals surface area contributed by atoms with Crippen molar-refractivity contribution < 1.29 is 9.18 Å². The third-order valence-corrected chi connectivity index (χ3v) is 6.20. The van der Waals surface area contributed by atoms with E-state index in [1.54, 1.807) is 12.1 Å². The Morgan fingerprint density at radius 3 is 2.43 bits per heavy atom. The number of nitrogens with zero attached hydrogens (tertiary/aromatic N) is 2. The zero-order valence-electron chi connectivity index (χ0n) is 18.3. The first-order valence-corrected chi connectivity index (χ1v) is 11.1. The lowest BCUT2D eigenvalue weighted by atomic mass is 9.88. The number of likely N-dealkylation sites (tertiary alicyclic amines) is 1. The largest absolute Gasteiger partial charge is 0.340 e. The van der Waals surface area contributed by atoms with Gasteiger partial charge in [-0.1, -0.05) is 49.7 Å². The number of benzene rings is 2. The second-order valence-electron chi connectivity index (χ2n) is 8.98. The summed E-state index contributed by atoms with van der Waals surface area (Å²) in [5.41, 5.74) is 2.22. The van der Waals surface area contributed by atoms with Crippen molar-refractivity contribution in [2.45, 2.75) is 46.2 Å². The fourth-order valence-corrected chi connectivity index (χ4v) is 4.50. The maximum Gasteiger partial charge on any atom is 0.225 e. The van der Waals surface area contributed by atoms with E-state index in [4.69, 9.17) is 11.6 Å². The normalized spacial score (nSPS) is 19.6. The highest BCUT2D eigenvalue weighted by atomic mass is 35.5. The van der Waals surface area contributed by atoms with Crippen molar-refractivity contribution in [1.29, 1.82) is 0 Å². The summed E-state index contributed by atoms with van der Waals surface area (Å²) < 4.78 is 14.0. The molecular formula is C25H32ClFN2O. The standard InChI is InChI=1S/C25H32ClFN2O/c1-17(2)25(30)29(18(3)4)15-21-14-28(13-19-8-10-22(26)11-9-19)16-24(21)20-6-5-7-23(27)12-20/h5-12,17-18,21,24H,13-16H2,1-4H3/t21-,24-/m1/s1. The summed E-state index contributed by atoms with van der Waals surface area (Å²) in [6, 6.07) is 15.0. The van der Waals surface area contributed by atoms with E-state index in [0.29, 0.717) is 6.54 Å². The molecule has 1 saturated heterocycles. The van der Waals surface area contributed by atoms with Gasteiger partial charge in [0, 0.05) is 49.1 Å². The first-order valence-electron chi connectivity index (χ1n) is 10.8. The predicted octanol–water partition coefficient (Wildman–Crippen LogP) is 5.59. The lowest BCUT2D eigenvalue weighted by molar-refractivity contribution is -0.136. The summed E-state index contributed by atoms with van der Waals surface area (Å²) in [6.07, 6.45) is 0. The number of hydrogen-bond donors (Lipinski definition) is 0. The average molecular weight is 431 g/mol. The first-order chi connectivity index (χ1) is 14.2. The Kier molecular flexibility index (Phi) is 7.54. The second kappa shape index (κ2) is 9.93. The van der Waals surface area contributed by atoms with E-state index in [9.17, 15) is 9.18 Å². The molecule has 0 aliphatic carbocycles. The number of amides is 1. The van der Waals surface area contributed by atoms with Crippen molar-refractivity contribution in [1.82, 2.24) is 9.80 Å². The van der Waals surface area contributed by atoms with E-state index in [2.05, 4.69) is 30.9 Å². The van der Waals surface area contributed by atoms with Crippen molar-refractivity contribution in [2.24, 2.45) is 11.8 Å². The van der Waals surface area contributed by atoms with Gasteiger partial charge >= 0.3 is 0 Å². The van der Waals surface area contributed by atoms with Crippen LogP contribution in [0.4, 0.5) is 4.39 Å². The molecule has 2 aromatic rings. The Morgan fingerprint density at radius 1 is 1.13 bits per heavy atom. The van der Waals surface area contributed by atoms with Gasteiger partial charge in [-0.3, -0.25) is 9.69 Å². The zero-order chi connectivity index (χ0) is 21.8. The third kappa shape index (κ3) is 5.61. The number of halogens is 2. The van der Waals surface area contributed by atoms with E-state index in [-0.39, 0.29) is 35.5 Å². The fourth-order valence-electron chi connectivity index (χ4n) is 4.38. The van der Waals surface area contributed by atoms with E-state index in [1.165, 1.54) is 11.6 Å². The van der Waals surface area contributed by atoms with Gasteiger partial charge in [-0.25, -0.2) is 4.39 Å². The zero-order valence-corrected chi connectivity index (χ0v) is 19.1. The van der Waals surface area contributed by atoms with Gasteiger partial charge in [-0.15, -0.1) is 0 Å². The van der Waals surface area contributed by atoms with Gasteiger partial charge < -0.3 is 4.90 Å². The molecular weight excluding hydrogens is 399 g/mol. The van der Waals surface area contributed by atoms with E-state index in [0.717, 1.165) is 30.2 Å². The van der Waals surface area contributed by atoms with E-state index < -0.39 is 0 Å². The van der Waals surface area contributed by atoms with Gasteiger partial charge in [0.1, 0.15) is 5.82 Å². The summed E-state index contributed by atoms with van der Waals surface area (Å²) in [5, 5.41) is 0.732. The van der Waals surface area contributed by atoms with Crippen LogP contribution in [0.2, 0.25) is 5.02 Å². The van der Waals surface area contributed by atoms with Crippen LogP contribution >= 0.6 is 11.6 Å². The van der Waals surface area contributed by atoms with Gasteiger partial charge in [0.25, 0.3) is 0 Å². The van der Waals surface area contributed by atoms with Crippen molar-refractivity contribution in [3.63, 3.8) is 0 Å². The molecule has 5 heteroatoms. The Balaban J connectivity index is 1.83. The van der Waals surface area contributed by atoms with Gasteiger partial charge in [0.2, 0.25) is 5.91 Å². The Labute approximate surface area is 184 Å². The molecule has 0 unspecified atom stereocenters. The molecule has 0 saturated carbocycles. The minimum absolute atomic E-state index is 0.0356. The highest BCUT2D eigenvalue weighted by Crippen LogP contribution is 2.35. The van der Waals surface area contributed by atoms with Crippen LogP contribution in [0.25, 0.3) is 0 Å². The molecule has 3 nitrogen and oxygen atoms in total. The number of hydrogen-bond acceptors (Lipinski definition) is 2. The molecule has 1 amide bonds. The minimum atomic E-state index is -0.207. The van der Waals surface area contributed by atoms with E-state index >= 15 is 0 Å². The van der Waals surface area contributed by atoms with Gasteiger partial charge in [0.05, 0.1) is 0 Å². The molecule has 2 aromatic carbocycles. The highest BCUT2D eigenvalue weighted by molar-refractivity contribution is 6.30. The van der Waals surface area contributed by atoms with Crippen LogP contribution in [-0.2, 0) is 11.3 Å². The fraction of sp³-hybridized carbons (Fsp3) is 0.480. The number of rotatable bonds is 7. The van der Waals surface area contributed by atoms with Crippen molar-refractivity contribution >= 4 is 17.5 Å². The lowest BCUT2D eigenvalue weighted by Gasteiger charge is -2.33. The van der Waals surface area contributed by atoms with Crippen LogP contribution in [-0.4, -0.2) is 41.4 Å². The van der Waals surface area contributed by atoms with Gasteiger partial charge in [-0.2, -0.15) is 0 Å². The summed E-state index contributed by atoms with van der Waals surface area (Å²) in [5.74, 6) is 0.380. The van der Waals surface area contributed by atoms with Gasteiger partial charge in [0.15, 0.2) is 0 Å². The van der Waals surface area contributed by atoms with Crippen LogP contribution in [0.5, 0.6) is 0 Å². The van der Waals surface area contributed by atoms with Crippen LogP contribution in [0.3, 0.4) is 0 Å². The predicted molar refractivity (Wildman–Crippen MR) is 121 cm³/mol. The first kappa shape index (κ1) is 22.8. The maximum absolute atomic E-state index is 14.0. The van der Waals surface area contributed by atoms with Crippen LogP contribution in [0, 0.1) is 17.7 Å². The molecule has 0 aromatic heterocycles. The monoisotopic (exact) mass is 430 g/mol. The molecule has 1 aliphatic rings. The minimum Gasteiger partial charge on any atom is -0.340 e. The van der Waals surface area contributed by atoms with Crippen LogP contribution in [0.1, 0.15) is 44.7 Å². The summed E-state index contributed by atoms with van der Waals surface area (Å²) in [7, 11) is 0. The van der Waals surface area contributed by atoms with Crippen LogP contribution < -0.4 is 0 Å². The molecule has 3 rings (SSSR count). The average Bonchev–Trinajstić information content (AvgIpc) is 3.09. The molecule has 162 valence electrons. The van der Waals surface area contributed by atoms with Gasteiger partial charge in [-0.05, 0) is 55.2 Å². The quantitative estimate of drug-likeness (QED) is 0.571. The molecule has 1 fully saturated rings. The molecule has 1 heterocycles. The molecule has 0 N–H and O–H groups in total.